The fourth-order valence-corrected chi connectivity index (χ4v) is 2.71. The molecule has 2 aromatic rings. The van der Waals surface area contributed by atoms with Crippen LogP contribution < -0.4 is 5.73 Å². The smallest absolute Gasteiger partial charge is 0.147 e. The number of hydrogen-bond donors (Lipinski definition) is 1. The van der Waals surface area contributed by atoms with Gasteiger partial charge in [-0.3, -0.25) is 0 Å². The normalized spacial score (nSPS) is 23.3. The molecule has 1 aromatic carbocycles. The molecule has 1 atom stereocenters. The predicted molar refractivity (Wildman–Crippen MR) is 62.1 cm³/mol. The number of nitrogens with zero attached hydrogens (tertiary/aromatic N) is 1. The topological polar surface area (TPSA) is 52.0 Å². The maximum Gasteiger partial charge on any atom is 0.147 e. The van der Waals surface area contributed by atoms with Gasteiger partial charge in [-0.25, -0.2) is 0 Å². The lowest BCUT2D eigenvalue weighted by molar-refractivity contribution is 0.392. The van der Waals surface area contributed by atoms with Crippen molar-refractivity contribution < 1.29 is 4.52 Å². The Labute approximate surface area is 94.2 Å². The van der Waals surface area contributed by atoms with E-state index >= 15 is 0 Å². The first-order chi connectivity index (χ1) is 7.72. The van der Waals surface area contributed by atoms with E-state index < -0.39 is 0 Å². The highest BCUT2D eigenvalue weighted by Gasteiger charge is 2.39. The average molecular weight is 214 g/mol. The number of benzene rings is 1. The summed E-state index contributed by atoms with van der Waals surface area (Å²) in [6.45, 7) is 2.19. The first-order valence-electron chi connectivity index (χ1n) is 5.50. The van der Waals surface area contributed by atoms with Crippen LogP contribution in [0.25, 0.3) is 0 Å². The second kappa shape index (κ2) is 3.11. The minimum Gasteiger partial charge on any atom is -0.395 e. The molecule has 0 radical (unpaired) electrons. The number of aromatic nitrogens is 1. The first kappa shape index (κ1) is 9.46. The summed E-state index contributed by atoms with van der Waals surface area (Å²) in [5, 5.41) is 4.07. The van der Waals surface area contributed by atoms with Crippen molar-refractivity contribution in [1.29, 1.82) is 0 Å². The Balaban J connectivity index is 2.19. The van der Waals surface area contributed by atoms with Gasteiger partial charge in [-0.2, -0.15) is 0 Å². The van der Waals surface area contributed by atoms with E-state index in [0.717, 1.165) is 18.5 Å². The van der Waals surface area contributed by atoms with Crippen LogP contribution in [0, 0.1) is 0 Å². The highest BCUT2D eigenvalue weighted by Crippen LogP contribution is 2.44. The average Bonchev–Trinajstić information content (AvgIpc) is 2.86. The maximum atomic E-state index is 5.91. The van der Waals surface area contributed by atoms with Gasteiger partial charge in [-0.15, -0.1) is 0 Å². The molecule has 0 spiro atoms. The van der Waals surface area contributed by atoms with E-state index in [1.165, 1.54) is 17.4 Å². The van der Waals surface area contributed by atoms with Crippen molar-refractivity contribution in [3.8, 4) is 0 Å². The fourth-order valence-electron chi connectivity index (χ4n) is 2.71. The number of hydrogen-bond acceptors (Lipinski definition) is 3. The van der Waals surface area contributed by atoms with Crippen LogP contribution in [-0.4, -0.2) is 5.16 Å². The zero-order chi connectivity index (χ0) is 11.2. The molecule has 1 aliphatic carbocycles. The van der Waals surface area contributed by atoms with Crippen LogP contribution in [0.2, 0.25) is 0 Å². The molecular formula is C13H14N2O. The Morgan fingerprint density at radius 1 is 1.38 bits per heavy atom. The van der Waals surface area contributed by atoms with Crippen molar-refractivity contribution in [2.75, 3.05) is 5.73 Å². The lowest BCUT2D eigenvalue weighted by Gasteiger charge is -2.23. The number of fused-ring (bicyclic) bond motifs is 1. The molecule has 0 fully saturated rings. The van der Waals surface area contributed by atoms with Crippen molar-refractivity contribution in [3.63, 3.8) is 0 Å². The molecule has 16 heavy (non-hydrogen) atoms. The Morgan fingerprint density at radius 3 is 2.94 bits per heavy atom. The Kier molecular flexibility index (Phi) is 1.84. The van der Waals surface area contributed by atoms with E-state index in [1.54, 1.807) is 0 Å². The predicted octanol–water partition coefficient (Wildman–Crippen LogP) is 2.51. The summed E-state index contributed by atoms with van der Waals surface area (Å²) >= 11 is 0. The highest BCUT2D eigenvalue weighted by atomic mass is 16.5. The van der Waals surface area contributed by atoms with Crippen molar-refractivity contribution >= 4 is 5.69 Å². The van der Waals surface area contributed by atoms with Gasteiger partial charge in [0.2, 0.25) is 0 Å². The van der Waals surface area contributed by atoms with Gasteiger partial charge in [0, 0.05) is 5.41 Å². The largest absolute Gasteiger partial charge is 0.395 e. The molecule has 1 unspecified atom stereocenters. The zero-order valence-corrected chi connectivity index (χ0v) is 9.23. The number of aryl methyl sites for hydroxylation is 1. The third-order valence-corrected chi connectivity index (χ3v) is 3.63. The SMILES string of the molecule is CC1(c2nocc2N)CCc2ccccc21. The summed E-state index contributed by atoms with van der Waals surface area (Å²) in [5.74, 6) is 0. The van der Waals surface area contributed by atoms with Crippen molar-refractivity contribution in [2.45, 2.75) is 25.2 Å². The third kappa shape index (κ3) is 1.11. The zero-order valence-electron chi connectivity index (χ0n) is 9.23. The fraction of sp³-hybridized carbons (Fsp3) is 0.308. The summed E-state index contributed by atoms with van der Waals surface area (Å²) in [6.07, 6.45) is 3.64. The molecule has 0 saturated heterocycles. The molecule has 1 aliphatic rings. The van der Waals surface area contributed by atoms with Gasteiger partial charge in [0.05, 0.1) is 5.69 Å². The van der Waals surface area contributed by atoms with Gasteiger partial charge in [0.15, 0.2) is 0 Å². The van der Waals surface area contributed by atoms with E-state index in [-0.39, 0.29) is 5.41 Å². The van der Waals surface area contributed by atoms with E-state index in [1.807, 2.05) is 0 Å². The second-order valence-electron chi connectivity index (χ2n) is 4.61. The first-order valence-corrected chi connectivity index (χ1v) is 5.50. The lowest BCUT2D eigenvalue weighted by Crippen LogP contribution is -2.21. The van der Waals surface area contributed by atoms with E-state index in [9.17, 15) is 0 Å². The standard InChI is InChI=1S/C13H14N2O/c1-13(12-11(14)8-16-15-12)7-6-9-4-2-3-5-10(9)13/h2-5,8H,6-7,14H2,1H3. The van der Waals surface area contributed by atoms with Gasteiger partial charge < -0.3 is 10.3 Å². The van der Waals surface area contributed by atoms with Gasteiger partial charge in [0.1, 0.15) is 12.0 Å². The van der Waals surface area contributed by atoms with Gasteiger partial charge in [0.25, 0.3) is 0 Å². The maximum absolute atomic E-state index is 5.91. The number of anilines is 1. The summed E-state index contributed by atoms with van der Waals surface area (Å²) in [6, 6.07) is 8.49. The molecule has 1 aromatic heterocycles. The van der Waals surface area contributed by atoms with Crippen molar-refractivity contribution in [1.82, 2.24) is 5.16 Å². The summed E-state index contributed by atoms with van der Waals surface area (Å²) in [5.41, 5.74) is 10.1. The number of rotatable bonds is 1. The van der Waals surface area contributed by atoms with Gasteiger partial charge >= 0.3 is 0 Å². The Hall–Kier alpha value is -1.77. The van der Waals surface area contributed by atoms with Crippen LogP contribution in [-0.2, 0) is 11.8 Å². The summed E-state index contributed by atoms with van der Waals surface area (Å²) in [7, 11) is 0. The van der Waals surface area contributed by atoms with Crippen LogP contribution in [0.3, 0.4) is 0 Å². The third-order valence-electron chi connectivity index (χ3n) is 3.63. The lowest BCUT2D eigenvalue weighted by atomic mass is 9.80. The van der Waals surface area contributed by atoms with E-state index in [0.29, 0.717) is 5.69 Å². The molecular weight excluding hydrogens is 200 g/mol. The van der Waals surface area contributed by atoms with Gasteiger partial charge in [-0.1, -0.05) is 29.4 Å². The number of nitrogen functional groups attached to an aromatic ring is 1. The highest BCUT2D eigenvalue weighted by molar-refractivity contribution is 5.53. The van der Waals surface area contributed by atoms with Crippen molar-refractivity contribution in [3.05, 3.63) is 47.3 Å². The second-order valence-corrected chi connectivity index (χ2v) is 4.61. The number of nitrogens with two attached hydrogens (primary N) is 1. The van der Waals surface area contributed by atoms with Gasteiger partial charge in [-0.05, 0) is 30.9 Å². The minimum absolute atomic E-state index is 0.0896. The van der Waals surface area contributed by atoms with Crippen molar-refractivity contribution in [2.24, 2.45) is 0 Å². The molecule has 3 nitrogen and oxygen atoms in total. The Morgan fingerprint density at radius 2 is 2.19 bits per heavy atom. The summed E-state index contributed by atoms with van der Waals surface area (Å²) in [4.78, 5) is 0. The molecule has 82 valence electrons. The van der Waals surface area contributed by atoms with E-state index in [4.69, 9.17) is 10.3 Å². The van der Waals surface area contributed by atoms with Crippen LogP contribution >= 0.6 is 0 Å². The van der Waals surface area contributed by atoms with Crippen LogP contribution in [0.1, 0.15) is 30.2 Å². The van der Waals surface area contributed by atoms with Crippen LogP contribution in [0.15, 0.2) is 35.1 Å². The van der Waals surface area contributed by atoms with Crippen LogP contribution in [0.5, 0.6) is 0 Å². The molecule has 0 aliphatic heterocycles. The molecule has 2 N–H and O–H groups in total. The summed E-state index contributed by atoms with van der Waals surface area (Å²) < 4.78 is 4.96. The van der Waals surface area contributed by atoms with E-state index in [2.05, 4.69) is 36.3 Å². The van der Waals surface area contributed by atoms with Crippen LogP contribution in [0.4, 0.5) is 5.69 Å². The molecule has 0 bridgehead atoms. The molecule has 3 heteroatoms. The molecule has 3 rings (SSSR count). The Bertz CT molecular complexity index is 532. The molecule has 0 amide bonds. The molecule has 0 saturated carbocycles. The molecule has 1 heterocycles. The monoisotopic (exact) mass is 214 g/mol. The minimum atomic E-state index is -0.0896. The quantitative estimate of drug-likeness (QED) is 0.793.